The smallest absolute Gasteiger partial charge is 0.252 e. The summed E-state index contributed by atoms with van der Waals surface area (Å²) in [7, 11) is 0. The Morgan fingerprint density at radius 1 is 1.39 bits per heavy atom. The zero-order valence-corrected chi connectivity index (χ0v) is 10.8. The van der Waals surface area contributed by atoms with Crippen molar-refractivity contribution in [2.75, 3.05) is 0 Å². The summed E-state index contributed by atoms with van der Waals surface area (Å²) in [5.41, 5.74) is 0.339. The number of nitrogens with one attached hydrogen (secondary N) is 2. The standard InChI is InChI=1S/C10H9Cl2N5O/c1-5(9-13-4-14-17-9)15-10(18)6-2-7(11)16-8(12)3-6/h2-5H,1H3,(H,15,18)(H,13,14,17). The molecule has 0 bridgehead atoms. The maximum absolute atomic E-state index is 11.9. The molecule has 1 atom stereocenters. The molecule has 18 heavy (non-hydrogen) atoms. The normalized spacial score (nSPS) is 12.2. The molecule has 1 unspecified atom stereocenters. The topological polar surface area (TPSA) is 83.6 Å². The van der Waals surface area contributed by atoms with Crippen LogP contribution < -0.4 is 5.32 Å². The predicted molar refractivity (Wildman–Crippen MR) is 66.5 cm³/mol. The molecule has 0 fully saturated rings. The van der Waals surface area contributed by atoms with Crippen LogP contribution in [0.2, 0.25) is 10.3 Å². The number of pyridine rings is 1. The third kappa shape index (κ3) is 2.96. The minimum atomic E-state index is -0.315. The Kier molecular flexibility index (Phi) is 3.78. The van der Waals surface area contributed by atoms with Gasteiger partial charge in [0.25, 0.3) is 5.91 Å². The molecule has 0 radical (unpaired) electrons. The highest BCUT2D eigenvalue weighted by molar-refractivity contribution is 6.33. The lowest BCUT2D eigenvalue weighted by Gasteiger charge is -2.11. The SMILES string of the molecule is CC(NC(=O)c1cc(Cl)nc(Cl)c1)c1ncn[nH]1. The van der Waals surface area contributed by atoms with Gasteiger partial charge < -0.3 is 5.32 Å². The molecule has 0 aliphatic carbocycles. The van der Waals surface area contributed by atoms with Crippen LogP contribution in [0, 0.1) is 0 Å². The fraction of sp³-hybridized carbons (Fsp3) is 0.200. The van der Waals surface area contributed by atoms with Crippen molar-refractivity contribution in [3.05, 3.63) is 40.2 Å². The molecule has 0 saturated carbocycles. The van der Waals surface area contributed by atoms with Crippen LogP contribution in [0.25, 0.3) is 0 Å². The maximum atomic E-state index is 11.9. The van der Waals surface area contributed by atoms with Gasteiger partial charge in [-0.15, -0.1) is 0 Å². The molecule has 94 valence electrons. The van der Waals surface area contributed by atoms with E-state index in [-0.39, 0.29) is 22.3 Å². The van der Waals surface area contributed by atoms with Crippen molar-refractivity contribution in [3.8, 4) is 0 Å². The van der Waals surface area contributed by atoms with E-state index < -0.39 is 0 Å². The molecule has 0 saturated heterocycles. The zero-order chi connectivity index (χ0) is 13.1. The lowest BCUT2D eigenvalue weighted by molar-refractivity contribution is 0.0938. The van der Waals surface area contributed by atoms with Crippen LogP contribution in [0.3, 0.4) is 0 Å². The highest BCUT2D eigenvalue weighted by Gasteiger charge is 2.14. The summed E-state index contributed by atoms with van der Waals surface area (Å²) in [4.78, 5) is 19.7. The third-order valence-corrected chi connectivity index (χ3v) is 2.60. The van der Waals surface area contributed by atoms with E-state index in [0.29, 0.717) is 11.4 Å². The van der Waals surface area contributed by atoms with Crippen molar-refractivity contribution in [1.82, 2.24) is 25.5 Å². The minimum absolute atomic E-state index is 0.167. The fourth-order valence-electron chi connectivity index (χ4n) is 1.37. The van der Waals surface area contributed by atoms with Gasteiger partial charge >= 0.3 is 0 Å². The highest BCUT2D eigenvalue weighted by Crippen LogP contribution is 2.15. The van der Waals surface area contributed by atoms with Gasteiger partial charge in [0.05, 0.1) is 6.04 Å². The molecule has 0 aliphatic heterocycles. The first kappa shape index (κ1) is 12.8. The molecule has 0 spiro atoms. The number of amides is 1. The average Bonchev–Trinajstić information content (AvgIpc) is 2.80. The second kappa shape index (κ2) is 5.32. The second-order valence-electron chi connectivity index (χ2n) is 3.57. The lowest BCUT2D eigenvalue weighted by Crippen LogP contribution is -2.27. The largest absolute Gasteiger partial charge is 0.342 e. The second-order valence-corrected chi connectivity index (χ2v) is 4.34. The molecular weight excluding hydrogens is 277 g/mol. The number of rotatable bonds is 3. The average molecular weight is 286 g/mol. The summed E-state index contributed by atoms with van der Waals surface area (Å²) in [6.45, 7) is 1.78. The molecule has 2 aromatic rings. The van der Waals surface area contributed by atoms with Gasteiger partial charge in [-0.05, 0) is 19.1 Å². The Morgan fingerprint density at radius 2 is 2.06 bits per heavy atom. The molecule has 0 aliphatic rings. The minimum Gasteiger partial charge on any atom is -0.342 e. The van der Waals surface area contributed by atoms with Crippen LogP contribution in [0.15, 0.2) is 18.5 Å². The van der Waals surface area contributed by atoms with Crippen molar-refractivity contribution in [3.63, 3.8) is 0 Å². The molecule has 0 aromatic carbocycles. The third-order valence-electron chi connectivity index (χ3n) is 2.22. The van der Waals surface area contributed by atoms with Crippen LogP contribution in [0.4, 0.5) is 0 Å². The molecule has 2 heterocycles. The van der Waals surface area contributed by atoms with Gasteiger partial charge in [-0.2, -0.15) is 5.10 Å². The summed E-state index contributed by atoms with van der Waals surface area (Å²) in [5.74, 6) is 0.250. The van der Waals surface area contributed by atoms with Gasteiger partial charge in [-0.25, -0.2) is 9.97 Å². The monoisotopic (exact) mass is 285 g/mol. The van der Waals surface area contributed by atoms with Crippen LogP contribution in [0.5, 0.6) is 0 Å². The summed E-state index contributed by atoms with van der Waals surface area (Å²) >= 11 is 11.5. The Bertz CT molecular complexity index is 537. The molecule has 2 aromatic heterocycles. The van der Waals surface area contributed by atoms with E-state index >= 15 is 0 Å². The van der Waals surface area contributed by atoms with Gasteiger partial charge in [0, 0.05) is 5.56 Å². The first-order chi connectivity index (χ1) is 8.56. The Hall–Kier alpha value is -1.66. The Balaban J connectivity index is 2.12. The van der Waals surface area contributed by atoms with Crippen molar-refractivity contribution in [1.29, 1.82) is 0 Å². The van der Waals surface area contributed by atoms with Crippen LogP contribution >= 0.6 is 23.2 Å². The molecule has 6 nitrogen and oxygen atoms in total. The van der Waals surface area contributed by atoms with Crippen molar-refractivity contribution in [2.24, 2.45) is 0 Å². The Labute approximate surface area is 113 Å². The van der Waals surface area contributed by atoms with E-state index in [4.69, 9.17) is 23.2 Å². The number of hydrogen-bond donors (Lipinski definition) is 2. The maximum Gasteiger partial charge on any atom is 0.252 e. The molecule has 1 amide bonds. The lowest BCUT2D eigenvalue weighted by atomic mass is 10.2. The number of halogens is 2. The van der Waals surface area contributed by atoms with Gasteiger partial charge in [0.1, 0.15) is 22.5 Å². The highest BCUT2D eigenvalue weighted by atomic mass is 35.5. The quantitative estimate of drug-likeness (QED) is 0.845. The molecule has 2 rings (SSSR count). The number of carbonyl (C=O) groups is 1. The van der Waals surface area contributed by atoms with E-state index in [1.54, 1.807) is 6.92 Å². The number of nitrogens with zero attached hydrogens (tertiary/aromatic N) is 3. The zero-order valence-electron chi connectivity index (χ0n) is 9.32. The number of aromatic amines is 1. The van der Waals surface area contributed by atoms with Crippen LogP contribution in [0.1, 0.15) is 29.1 Å². The van der Waals surface area contributed by atoms with Crippen LogP contribution in [-0.4, -0.2) is 26.1 Å². The van der Waals surface area contributed by atoms with Gasteiger partial charge in [0.15, 0.2) is 0 Å². The van der Waals surface area contributed by atoms with E-state index in [1.807, 2.05) is 0 Å². The summed E-state index contributed by atoms with van der Waals surface area (Å²) in [5, 5.41) is 9.46. The van der Waals surface area contributed by atoms with Gasteiger partial charge in [0.2, 0.25) is 0 Å². The van der Waals surface area contributed by atoms with Crippen molar-refractivity contribution in [2.45, 2.75) is 13.0 Å². The van der Waals surface area contributed by atoms with Gasteiger partial charge in [-0.3, -0.25) is 9.89 Å². The Morgan fingerprint density at radius 3 is 2.61 bits per heavy atom. The summed E-state index contributed by atoms with van der Waals surface area (Å²) in [6.07, 6.45) is 1.37. The predicted octanol–water partition coefficient (Wildman–Crippen LogP) is 2.00. The number of carbonyl (C=O) groups excluding carboxylic acids is 1. The van der Waals surface area contributed by atoms with Crippen LogP contribution in [-0.2, 0) is 0 Å². The van der Waals surface area contributed by atoms with Crippen molar-refractivity contribution < 1.29 is 4.79 Å². The number of hydrogen-bond acceptors (Lipinski definition) is 4. The molecule has 8 heteroatoms. The molecular formula is C10H9Cl2N5O. The summed E-state index contributed by atoms with van der Waals surface area (Å²) in [6, 6.07) is 2.58. The first-order valence-electron chi connectivity index (χ1n) is 5.05. The number of H-pyrrole nitrogens is 1. The summed E-state index contributed by atoms with van der Waals surface area (Å²) < 4.78 is 0. The molecule has 2 N–H and O–H groups in total. The first-order valence-corrected chi connectivity index (χ1v) is 5.81. The van der Waals surface area contributed by atoms with Gasteiger partial charge in [-0.1, -0.05) is 23.2 Å². The van der Waals surface area contributed by atoms with Crippen molar-refractivity contribution >= 4 is 29.1 Å². The van der Waals surface area contributed by atoms with E-state index in [2.05, 4.69) is 25.5 Å². The van der Waals surface area contributed by atoms with E-state index in [1.165, 1.54) is 18.5 Å². The van der Waals surface area contributed by atoms with E-state index in [9.17, 15) is 4.79 Å². The number of aromatic nitrogens is 4. The van der Waals surface area contributed by atoms with E-state index in [0.717, 1.165) is 0 Å². The fourth-order valence-corrected chi connectivity index (χ4v) is 1.83.